The van der Waals surface area contributed by atoms with E-state index in [2.05, 4.69) is 4.98 Å². The average Bonchev–Trinajstić information content (AvgIpc) is 3.04. The number of aliphatic carboxylic acids is 1. The van der Waals surface area contributed by atoms with E-state index in [9.17, 15) is 4.79 Å². The standard InChI is InChI=1S/C18H15NO3S/c20-17(21)10-13-6-8-15(9-7-13)22-12-16-11-19-18(23-16)14-4-2-1-3-5-14/h1-9,11H,10,12H2,(H,20,21). The Balaban J connectivity index is 1.60. The Hall–Kier alpha value is -2.66. The van der Waals surface area contributed by atoms with Gasteiger partial charge in [0.15, 0.2) is 0 Å². The lowest BCUT2D eigenvalue weighted by molar-refractivity contribution is -0.136. The van der Waals surface area contributed by atoms with Gasteiger partial charge < -0.3 is 9.84 Å². The zero-order valence-electron chi connectivity index (χ0n) is 12.3. The maximum absolute atomic E-state index is 10.6. The summed E-state index contributed by atoms with van der Waals surface area (Å²) in [6.07, 6.45) is 1.85. The number of aromatic nitrogens is 1. The van der Waals surface area contributed by atoms with Gasteiger partial charge in [-0.3, -0.25) is 4.79 Å². The Labute approximate surface area is 138 Å². The van der Waals surface area contributed by atoms with Crippen molar-refractivity contribution in [2.75, 3.05) is 0 Å². The maximum atomic E-state index is 10.6. The smallest absolute Gasteiger partial charge is 0.307 e. The molecule has 2 aromatic carbocycles. The fourth-order valence-corrected chi connectivity index (χ4v) is 2.95. The quantitative estimate of drug-likeness (QED) is 0.744. The second kappa shape index (κ2) is 7.07. The first-order valence-electron chi connectivity index (χ1n) is 7.14. The van der Waals surface area contributed by atoms with Crippen LogP contribution in [0.5, 0.6) is 5.75 Å². The Morgan fingerprint density at radius 2 is 1.83 bits per heavy atom. The lowest BCUT2D eigenvalue weighted by Crippen LogP contribution is -2.00. The molecule has 0 aliphatic rings. The van der Waals surface area contributed by atoms with Crippen molar-refractivity contribution < 1.29 is 14.6 Å². The van der Waals surface area contributed by atoms with Gasteiger partial charge >= 0.3 is 5.97 Å². The third-order valence-corrected chi connectivity index (χ3v) is 4.25. The molecule has 0 bridgehead atoms. The second-order valence-electron chi connectivity index (χ2n) is 5.00. The number of carbonyl (C=O) groups is 1. The van der Waals surface area contributed by atoms with Crippen molar-refractivity contribution in [1.82, 2.24) is 4.98 Å². The predicted octanol–water partition coefficient (Wildman–Crippen LogP) is 4.02. The first kappa shape index (κ1) is 15.2. The number of nitrogens with zero attached hydrogens (tertiary/aromatic N) is 1. The van der Waals surface area contributed by atoms with Gasteiger partial charge in [-0.2, -0.15) is 0 Å². The van der Waals surface area contributed by atoms with Crippen LogP contribution in [0.2, 0.25) is 0 Å². The van der Waals surface area contributed by atoms with Gasteiger partial charge in [-0.25, -0.2) is 4.98 Å². The van der Waals surface area contributed by atoms with Crippen LogP contribution < -0.4 is 4.74 Å². The van der Waals surface area contributed by atoms with Gasteiger partial charge in [0.1, 0.15) is 17.4 Å². The summed E-state index contributed by atoms with van der Waals surface area (Å²) in [5.74, 6) is -0.120. The van der Waals surface area contributed by atoms with Gasteiger partial charge in [-0.15, -0.1) is 11.3 Å². The molecule has 3 aromatic rings. The number of ether oxygens (including phenoxy) is 1. The summed E-state index contributed by atoms with van der Waals surface area (Å²) in [4.78, 5) is 16.1. The Morgan fingerprint density at radius 3 is 2.52 bits per heavy atom. The minimum atomic E-state index is -0.836. The van der Waals surface area contributed by atoms with Gasteiger partial charge in [0.25, 0.3) is 0 Å². The van der Waals surface area contributed by atoms with Crippen LogP contribution in [0.1, 0.15) is 10.4 Å². The highest BCUT2D eigenvalue weighted by Gasteiger charge is 2.05. The van der Waals surface area contributed by atoms with E-state index in [-0.39, 0.29) is 6.42 Å². The SMILES string of the molecule is O=C(O)Cc1ccc(OCc2cnc(-c3ccccc3)s2)cc1. The molecule has 0 aliphatic carbocycles. The van der Waals surface area contributed by atoms with E-state index in [0.29, 0.717) is 12.4 Å². The van der Waals surface area contributed by atoms with E-state index in [1.807, 2.05) is 36.5 Å². The fourth-order valence-electron chi connectivity index (χ4n) is 2.12. The lowest BCUT2D eigenvalue weighted by Gasteiger charge is -2.05. The summed E-state index contributed by atoms with van der Waals surface area (Å²) in [7, 11) is 0. The third kappa shape index (κ3) is 4.17. The number of carboxylic acids is 1. The molecule has 1 aromatic heterocycles. The normalized spacial score (nSPS) is 10.4. The summed E-state index contributed by atoms with van der Waals surface area (Å²) in [6, 6.07) is 17.1. The zero-order valence-corrected chi connectivity index (χ0v) is 13.1. The topological polar surface area (TPSA) is 59.4 Å². The van der Waals surface area contributed by atoms with Gasteiger partial charge in [0, 0.05) is 11.8 Å². The van der Waals surface area contributed by atoms with Gasteiger partial charge in [0.2, 0.25) is 0 Å². The predicted molar refractivity (Wildman–Crippen MR) is 89.7 cm³/mol. The Morgan fingerprint density at radius 1 is 1.09 bits per heavy atom. The molecule has 0 radical (unpaired) electrons. The van der Waals surface area contributed by atoms with Gasteiger partial charge in [-0.05, 0) is 17.7 Å². The van der Waals surface area contributed by atoms with Crippen molar-refractivity contribution in [2.24, 2.45) is 0 Å². The molecule has 3 rings (SSSR count). The van der Waals surface area contributed by atoms with Crippen molar-refractivity contribution in [3.63, 3.8) is 0 Å². The number of hydrogen-bond acceptors (Lipinski definition) is 4. The van der Waals surface area contributed by atoms with Crippen LogP contribution in [-0.2, 0) is 17.8 Å². The van der Waals surface area contributed by atoms with Crippen molar-refractivity contribution in [1.29, 1.82) is 0 Å². The van der Waals surface area contributed by atoms with Crippen LogP contribution in [0.4, 0.5) is 0 Å². The minimum Gasteiger partial charge on any atom is -0.488 e. The van der Waals surface area contributed by atoms with E-state index < -0.39 is 5.97 Å². The van der Waals surface area contributed by atoms with E-state index in [0.717, 1.165) is 21.0 Å². The summed E-state index contributed by atoms with van der Waals surface area (Å²) < 4.78 is 5.72. The molecule has 5 heteroatoms. The first-order valence-corrected chi connectivity index (χ1v) is 7.96. The lowest BCUT2D eigenvalue weighted by atomic mass is 10.1. The van der Waals surface area contributed by atoms with E-state index in [1.165, 1.54) is 0 Å². The second-order valence-corrected chi connectivity index (χ2v) is 6.12. The highest BCUT2D eigenvalue weighted by Crippen LogP contribution is 2.25. The number of benzene rings is 2. The van der Waals surface area contributed by atoms with Crippen molar-refractivity contribution in [2.45, 2.75) is 13.0 Å². The molecule has 0 aliphatic heterocycles. The largest absolute Gasteiger partial charge is 0.488 e. The molecule has 0 spiro atoms. The van der Waals surface area contributed by atoms with Crippen LogP contribution in [0.15, 0.2) is 60.8 Å². The monoisotopic (exact) mass is 325 g/mol. The molecule has 1 N–H and O–H groups in total. The summed E-state index contributed by atoms with van der Waals surface area (Å²) in [6.45, 7) is 0.447. The Kier molecular flexibility index (Phi) is 4.68. The first-order chi connectivity index (χ1) is 11.2. The molecular formula is C18H15NO3S. The van der Waals surface area contributed by atoms with Crippen molar-refractivity contribution in [3.05, 3.63) is 71.2 Å². The summed E-state index contributed by atoms with van der Waals surface area (Å²) in [5.41, 5.74) is 1.86. The maximum Gasteiger partial charge on any atom is 0.307 e. The Bertz CT molecular complexity index is 782. The molecule has 0 fully saturated rings. The molecule has 0 atom stereocenters. The van der Waals surface area contributed by atoms with Crippen molar-refractivity contribution >= 4 is 17.3 Å². The van der Waals surface area contributed by atoms with Crippen molar-refractivity contribution in [3.8, 4) is 16.3 Å². The molecule has 1 heterocycles. The third-order valence-electron chi connectivity index (χ3n) is 3.23. The number of hydrogen-bond donors (Lipinski definition) is 1. The summed E-state index contributed by atoms with van der Waals surface area (Å²) >= 11 is 1.60. The van der Waals surface area contributed by atoms with Crippen LogP contribution in [0.3, 0.4) is 0 Å². The number of rotatable bonds is 6. The molecule has 0 saturated carbocycles. The zero-order chi connectivity index (χ0) is 16.1. The molecule has 23 heavy (non-hydrogen) atoms. The van der Waals surface area contributed by atoms with Crippen LogP contribution in [0, 0.1) is 0 Å². The van der Waals surface area contributed by atoms with Gasteiger partial charge in [0.05, 0.1) is 11.3 Å². The average molecular weight is 325 g/mol. The van der Waals surface area contributed by atoms with E-state index in [4.69, 9.17) is 9.84 Å². The molecular weight excluding hydrogens is 310 g/mol. The van der Waals surface area contributed by atoms with Crippen LogP contribution in [-0.4, -0.2) is 16.1 Å². The molecule has 0 amide bonds. The van der Waals surface area contributed by atoms with E-state index in [1.54, 1.807) is 35.6 Å². The van der Waals surface area contributed by atoms with Crippen LogP contribution in [0.25, 0.3) is 10.6 Å². The highest BCUT2D eigenvalue weighted by molar-refractivity contribution is 7.15. The molecule has 0 unspecified atom stereocenters. The fraction of sp³-hybridized carbons (Fsp3) is 0.111. The van der Waals surface area contributed by atoms with E-state index >= 15 is 0 Å². The minimum absolute atomic E-state index is 0.0234. The molecule has 4 nitrogen and oxygen atoms in total. The highest BCUT2D eigenvalue weighted by atomic mass is 32.1. The van der Waals surface area contributed by atoms with Gasteiger partial charge in [-0.1, -0.05) is 42.5 Å². The number of thiazole rings is 1. The summed E-state index contributed by atoms with van der Waals surface area (Å²) in [5, 5.41) is 9.72. The number of carboxylic acid groups (broad SMARTS) is 1. The molecule has 116 valence electrons. The van der Waals surface area contributed by atoms with Crippen LogP contribution >= 0.6 is 11.3 Å². The molecule has 0 saturated heterocycles.